The van der Waals surface area contributed by atoms with E-state index < -0.39 is 17.5 Å². The first-order valence-electron chi connectivity index (χ1n) is 12.8. The van der Waals surface area contributed by atoms with Crippen molar-refractivity contribution in [2.45, 2.75) is 69.1 Å². The van der Waals surface area contributed by atoms with Gasteiger partial charge in [-0.25, -0.2) is 0 Å². The van der Waals surface area contributed by atoms with Gasteiger partial charge in [0, 0.05) is 22.4 Å². The van der Waals surface area contributed by atoms with Gasteiger partial charge >= 0.3 is 5.97 Å². The Kier molecular flexibility index (Phi) is 9.19. The summed E-state index contributed by atoms with van der Waals surface area (Å²) in [6.45, 7) is 2.64. The van der Waals surface area contributed by atoms with Crippen molar-refractivity contribution < 1.29 is 19.7 Å². The Morgan fingerprint density at radius 1 is 1.31 bits per heavy atom. The van der Waals surface area contributed by atoms with Crippen LogP contribution in [0.3, 0.4) is 0 Å². The molecule has 2 fully saturated rings. The van der Waals surface area contributed by atoms with Gasteiger partial charge in [-0.2, -0.15) is 11.8 Å². The van der Waals surface area contributed by atoms with Crippen LogP contribution in [0.25, 0.3) is 10.9 Å². The van der Waals surface area contributed by atoms with E-state index in [0.717, 1.165) is 42.2 Å². The first-order chi connectivity index (χ1) is 16.9. The molecule has 1 aliphatic heterocycles. The summed E-state index contributed by atoms with van der Waals surface area (Å²) in [6, 6.07) is 5.48. The minimum atomic E-state index is -0.873. The summed E-state index contributed by atoms with van der Waals surface area (Å²) in [5.74, 6) is 1.10. The number of pyridine rings is 1. The molecule has 8 heteroatoms. The molecule has 0 unspecified atom stereocenters. The number of rotatable bonds is 11. The molecule has 1 aliphatic carbocycles. The SMILES string of the molecule is COc1ccc2ncc(Cl)c([C@@H](O)CCC3(C(=O)O)CCN(CCCSC4CCCC4)CC3)c2c1. The molecule has 2 heterocycles. The number of aliphatic hydroxyl groups excluding tert-OH is 1. The van der Waals surface area contributed by atoms with Gasteiger partial charge in [-0.05, 0) is 88.5 Å². The Labute approximate surface area is 217 Å². The first-order valence-corrected chi connectivity index (χ1v) is 14.2. The number of carboxylic acids is 1. The number of halogens is 1. The maximum atomic E-state index is 12.3. The average Bonchev–Trinajstić information content (AvgIpc) is 3.39. The van der Waals surface area contributed by atoms with Gasteiger partial charge in [0.15, 0.2) is 0 Å². The number of aromatic nitrogens is 1. The number of aliphatic hydroxyl groups is 1. The molecule has 2 aliphatic rings. The Morgan fingerprint density at radius 3 is 2.74 bits per heavy atom. The summed E-state index contributed by atoms with van der Waals surface area (Å²) in [5.41, 5.74) is 0.508. The molecule has 0 spiro atoms. The number of nitrogens with zero attached hydrogens (tertiary/aromatic N) is 2. The highest BCUT2D eigenvalue weighted by Gasteiger charge is 2.41. The van der Waals surface area contributed by atoms with Crippen LogP contribution in [0.15, 0.2) is 24.4 Å². The second-order valence-electron chi connectivity index (χ2n) is 10.0. The maximum Gasteiger partial charge on any atom is 0.309 e. The molecule has 1 saturated carbocycles. The van der Waals surface area contributed by atoms with Gasteiger partial charge in [-0.3, -0.25) is 9.78 Å². The Balaban J connectivity index is 1.34. The Bertz CT molecular complexity index is 1010. The lowest BCUT2D eigenvalue weighted by molar-refractivity contribution is -0.153. The molecule has 1 aromatic carbocycles. The van der Waals surface area contributed by atoms with Gasteiger partial charge < -0.3 is 19.8 Å². The summed E-state index contributed by atoms with van der Waals surface area (Å²) in [4.78, 5) is 19.1. The second-order valence-corrected chi connectivity index (χ2v) is 11.8. The zero-order valence-electron chi connectivity index (χ0n) is 20.5. The Hall–Kier alpha value is -1.54. The summed E-state index contributed by atoms with van der Waals surface area (Å²) in [7, 11) is 1.59. The Morgan fingerprint density at radius 2 is 2.06 bits per heavy atom. The van der Waals surface area contributed by atoms with Gasteiger partial charge in [0.05, 0.1) is 29.2 Å². The normalized spacial score (nSPS) is 19.7. The van der Waals surface area contributed by atoms with Gasteiger partial charge in [0.25, 0.3) is 0 Å². The number of fused-ring (bicyclic) bond motifs is 1. The average molecular weight is 521 g/mol. The monoisotopic (exact) mass is 520 g/mol. The van der Waals surface area contributed by atoms with E-state index in [9.17, 15) is 15.0 Å². The van der Waals surface area contributed by atoms with Gasteiger partial charge in [0.1, 0.15) is 5.75 Å². The van der Waals surface area contributed by atoms with Crippen molar-refractivity contribution in [2.24, 2.45) is 5.41 Å². The lowest BCUT2D eigenvalue weighted by Gasteiger charge is -2.39. The third-order valence-electron chi connectivity index (χ3n) is 7.84. The quantitative estimate of drug-likeness (QED) is 0.354. The van der Waals surface area contributed by atoms with Crippen LogP contribution >= 0.6 is 23.4 Å². The van der Waals surface area contributed by atoms with Crippen LogP contribution in [0.1, 0.15) is 69.5 Å². The van der Waals surface area contributed by atoms with Crippen molar-refractivity contribution in [3.8, 4) is 5.75 Å². The molecule has 0 radical (unpaired) electrons. The summed E-state index contributed by atoms with van der Waals surface area (Å²) < 4.78 is 5.33. The fourth-order valence-electron chi connectivity index (χ4n) is 5.56. The molecule has 0 bridgehead atoms. The van der Waals surface area contributed by atoms with E-state index in [4.69, 9.17) is 16.3 Å². The maximum absolute atomic E-state index is 12.3. The minimum Gasteiger partial charge on any atom is -0.497 e. The van der Waals surface area contributed by atoms with E-state index in [2.05, 4.69) is 21.6 Å². The largest absolute Gasteiger partial charge is 0.497 e. The van der Waals surface area contributed by atoms with Gasteiger partial charge in [0.2, 0.25) is 0 Å². The number of hydrogen-bond acceptors (Lipinski definition) is 6. The van der Waals surface area contributed by atoms with Crippen LogP contribution in [0.2, 0.25) is 5.02 Å². The van der Waals surface area contributed by atoms with Crippen molar-refractivity contribution >= 4 is 40.2 Å². The van der Waals surface area contributed by atoms with Crippen molar-refractivity contribution in [1.82, 2.24) is 9.88 Å². The fourth-order valence-corrected chi connectivity index (χ4v) is 7.13. The molecule has 0 amide bonds. The molecule has 1 aromatic heterocycles. The predicted molar refractivity (Wildman–Crippen MR) is 143 cm³/mol. The summed E-state index contributed by atoms with van der Waals surface area (Å²) >= 11 is 8.56. The van der Waals surface area contributed by atoms with Crippen molar-refractivity contribution in [2.75, 3.05) is 32.5 Å². The van der Waals surface area contributed by atoms with E-state index in [1.54, 1.807) is 13.3 Å². The molecule has 6 nitrogen and oxygen atoms in total. The standard InChI is InChI=1S/C27H37ClN2O4S/c1-34-19-7-8-23-21(17-19)25(22(28)18-29-23)24(31)9-10-27(26(32)33)11-14-30(15-12-27)13-4-16-35-20-5-2-3-6-20/h7-8,17-18,20,24,31H,2-6,9-16H2,1H3,(H,32,33)/t24-/m0/s1. The van der Waals surface area contributed by atoms with E-state index in [1.807, 2.05) is 18.2 Å². The lowest BCUT2D eigenvalue weighted by Crippen LogP contribution is -2.44. The molecule has 1 atom stereocenters. The van der Waals surface area contributed by atoms with E-state index in [-0.39, 0.29) is 0 Å². The van der Waals surface area contributed by atoms with Crippen LogP contribution in [0.5, 0.6) is 5.75 Å². The topological polar surface area (TPSA) is 82.9 Å². The van der Waals surface area contributed by atoms with Crippen LogP contribution in [-0.4, -0.2) is 63.8 Å². The van der Waals surface area contributed by atoms with E-state index in [0.29, 0.717) is 42.0 Å². The number of piperidine rings is 1. The summed E-state index contributed by atoms with van der Waals surface area (Å²) in [5, 5.41) is 23.2. The number of methoxy groups -OCH3 is 1. The third kappa shape index (κ3) is 6.43. The number of ether oxygens (including phenoxy) is 1. The van der Waals surface area contributed by atoms with Crippen LogP contribution < -0.4 is 4.74 Å². The smallest absolute Gasteiger partial charge is 0.309 e. The van der Waals surface area contributed by atoms with Crippen LogP contribution in [0, 0.1) is 5.41 Å². The van der Waals surface area contributed by atoms with Crippen molar-refractivity contribution in [3.63, 3.8) is 0 Å². The molecule has 192 valence electrons. The molecular formula is C27H37ClN2O4S. The molecule has 2 N–H and O–H groups in total. The zero-order valence-corrected chi connectivity index (χ0v) is 22.1. The highest BCUT2D eigenvalue weighted by atomic mass is 35.5. The van der Waals surface area contributed by atoms with Crippen LogP contribution in [-0.2, 0) is 4.79 Å². The molecular weight excluding hydrogens is 484 g/mol. The lowest BCUT2D eigenvalue weighted by atomic mass is 9.74. The number of hydrogen-bond donors (Lipinski definition) is 2. The van der Waals surface area contributed by atoms with Crippen molar-refractivity contribution in [1.29, 1.82) is 0 Å². The number of aliphatic carboxylic acids is 1. The third-order valence-corrected chi connectivity index (χ3v) is 9.61. The summed E-state index contributed by atoms with van der Waals surface area (Å²) in [6.07, 6.45) is 9.32. The second kappa shape index (κ2) is 12.1. The fraction of sp³-hybridized carbons (Fsp3) is 0.630. The highest BCUT2D eigenvalue weighted by Crippen LogP contribution is 2.41. The molecule has 1 saturated heterocycles. The van der Waals surface area contributed by atoms with Gasteiger partial charge in [-0.15, -0.1) is 0 Å². The van der Waals surface area contributed by atoms with Crippen molar-refractivity contribution in [3.05, 3.63) is 35.0 Å². The van der Waals surface area contributed by atoms with E-state index >= 15 is 0 Å². The number of carbonyl (C=O) groups is 1. The number of carboxylic acid groups (broad SMARTS) is 1. The predicted octanol–water partition coefficient (Wildman–Crippen LogP) is 5.94. The first kappa shape index (κ1) is 26.5. The number of thioether (sulfide) groups is 1. The van der Waals surface area contributed by atoms with Gasteiger partial charge in [-0.1, -0.05) is 24.4 Å². The van der Waals surface area contributed by atoms with Crippen LogP contribution in [0.4, 0.5) is 0 Å². The highest BCUT2D eigenvalue weighted by molar-refractivity contribution is 7.99. The minimum absolute atomic E-state index is 0.334. The van der Waals surface area contributed by atoms with E-state index in [1.165, 1.54) is 31.4 Å². The molecule has 2 aromatic rings. The molecule has 4 rings (SSSR count). The molecule has 35 heavy (non-hydrogen) atoms. The number of likely N-dealkylation sites (tertiary alicyclic amines) is 1. The number of benzene rings is 1. The zero-order chi connectivity index (χ0) is 24.8.